The highest BCUT2D eigenvalue weighted by Crippen LogP contribution is 2.34. The van der Waals surface area contributed by atoms with E-state index < -0.39 is 23.8 Å². The lowest BCUT2D eigenvalue weighted by Crippen LogP contribution is -2.37. The van der Waals surface area contributed by atoms with Crippen LogP contribution in [0.5, 0.6) is 5.75 Å². The van der Waals surface area contributed by atoms with Gasteiger partial charge < -0.3 is 23.9 Å². The van der Waals surface area contributed by atoms with Gasteiger partial charge in [0.25, 0.3) is 0 Å². The molecule has 1 aromatic heterocycles. The molecule has 0 aliphatic carbocycles. The molecule has 2 aromatic carbocycles. The molecule has 0 unspecified atom stereocenters. The number of carbonyl (C=O) groups is 2. The summed E-state index contributed by atoms with van der Waals surface area (Å²) in [5, 5.41) is 9.17. The zero-order valence-electron chi connectivity index (χ0n) is 21.6. The number of halogens is 3. The number of amides is 1. The third-order valence-electron chi connectivity index (χ3n) is 6.47. The normalized spacial score (nSPS) is 13.2. The van der Waals surface area contributed by atoms with Crippen LogP contribution in [0.15, 0.2) is 40.8 Å². The van der Waals surface area contributed by atoms with E-state index in [2.05, 4.69) is 4.98 Å². The summed E-state index contributed by atoms with van der Waals surface area (Å²) in [4.78, 5) is 29.6. The smallest absolute Gasteiger partial charge is 0.416 e. The minimum atomic E-state index is -4.43. The second-order valence-corrected chi connectivity index (χ2v) is 9.25. The van der Waals surface area contributed by atoms with Crippen LogP contribution in [0.4, 0.5) is 18.0 Å². The maximum atomic E-state index is 12.9. The van der Waals surface area contributed by atoms with Gasteiger partial charge in [0.2, 0.25) is 5.89 Å². The van der Waals surface area contributed by atoms with Gasteiger partial charge >= 0.3 is 18.2 Å². The fourth-order valence-electron chi connectivity index (χ4n) is 4.39. The first-order valence-electron chi connectivity index (χ1n) is 12.6. The van der Waals surface area contributed by atoms with Gasteiger partial charge in [0.1, 0.15) is 12.4 Å². The van der Waals surface area contributed by atoms with Crippen LogP contribution in [0.2, 0.25) is 0 Å². The Labute approximate surface area is 223 Å². The lowest BCUT2D eigenvalue weighted by molar-refractivity contribution is -0.138. The summed E-state index contributed by atoms with van der Waals surface area (Å²) in [5.74, 6) is 0.280. The van der Waals surface area contributed by atoms with Crippen molar-refractivity contribution in [2.24, 2.45) is 0 Å². The molecule has 3 aromatic rings. The molecule has 1 aliphatic heterocycles. The Morgan fingerprint density at radius 3 is 2.54 bits per heavy atom. The predicted octanol–water partition coefficient (Wildman–Crippen LogP) is 6.17. The number of benzene rings is 2. The first-order valence-corrected chi connectivity index (χ1v) is 12.6. The molecule has 0 bridgehead atoms. The van der Waals surface area contributed by atoms with Crippen LogP contribution in [-0.4, -0.2) is 40.2 Å². The third kappa shape index (κ3) is 6.71. The summed E-state index contributed by atoms with van der Waals surface area (Å²) in [6.45, 7) is 4.69. The summed E-state index contributed by atoms with van der Waals surface area (Å²) in [7, 11) is 0. The number of oxazole rings is 1. The zero-order chi connectivity index (χ0) is 28.2. The van der Waals surface area contributed by atoms with Gasteiger partial charge in [-0.3, -0.25) is 4.79 Å². The monoisotopic (exact) mass is 546 g/mol. The van der Waals surface area contributed by atoms with Crippen molar-refractivity contribution in [1.29, 1.82) is 0 Å². The summed E-state index contributed by atoms with van der Waals surface area (Å²) in [6, 6.07) is 8.15. The number of carboxylic acids is 1. The Balaban J connectivity index is 1.53. The molecule has 0 spiro atoms. The summed E-state index contributed by atoms with van der Waals surface area (Å²) < 4.78 is 55.8. The van der Waals surface area contributed by atoms with Crippen LogP contribution in [-0.2, 0) is 41.7 Å². The van der Waals surface area contributed by atoms with Gasteiger partial charge in [-0.15, -0.1) is 0 Å². The van der Waals surface area contributed by atoms with Crippen LogP contribution in [0.25, 0.3) is 11.5 Å². The molecule has 208 valence electrons. The molecule has 2 heterocycles. The largest absolute Gasteiger partial charge is 0.485 e. The van der Waals surface area contributed by atoms with E-state index in [0.29, 0.717) is 55.2 Å². The average molecular weight is 547 g/mol. The third-order valence-corrected chi connectivity index (χ3v) is 6.47. The quantitative estimate of drug-likeness (QED) is 0.342. The van der Waals surface area contributed by atoms with Gasteiger partial charge in [0.15, 0.2) is 5.76 Å². The van der Waals surface area contributed by atoms with Crippen LogP contribution >= 0.6 is 0 Å². The molecular weight excluding hydrogens is 517 g/mol. The molecule has 0 saturated carbocycles. The molecule has 0 atom stereocenters. The number of nitrogens with zero attached hydrogens (tertiary/aromatic N) is 2. The van der Waals surface area contributed by atoms with E-state index in [-0.39, 0.29) is 25.5 Å². The Kier molecular flexibility index (Phi) is 8.47. The molecule has 1 aliphatic rings. The van der Waals surface area contributed by atoms with E-state index in [4.69, 9.17) is 19.0 Å². The number of aliphatic carboxylic acids is 1. The van der Waals surface area contributed by atoms with Crippen molar-refractivity contribution in [3.63, 3.8) is 0 Å². The number of rotatable bonds is 9. The molecule has 0 saturated heterocycles. The predicted molar refractivity (Wildman–Crippen MR) is 134 cm³/mol. The molecule has 0 radical (unpaired) electrons. The second kappa shape index (κ2) is 11.8. The Morgan fingerprint density at radius 2 is 1.87 bits per heavy atom. The maximum absolute atomic E-state index is 12.9. The van der Waals surface area contributed by atoms with Crippen molar-refractivity contribution < 1.29 is 41.8 Å². The van der Waals surface area contributed by atoms with Crippen LogP contribution < -0.4 is 4.74 Å². The molecule has 39 heavy (non-hydrogen) atoms. The van der Waals surface area contributed by atoms with E-state index in [1.54, 1.807) is 24.0 Å². The van der Waals surface area contributed by atoms with E-state index in [1.807, 2.05) is 6.92 Å². The van der Waals surface area contributed by atoms with Crippen LogP contribution in [0, 0.1) is 6.92 Å². The number of hydrogen-bond acceptors (Lipinski definition) is 6. The van der Waals surface area contributed by atoms with E-state index in [9.17, 15) is 22.8 Å². The van der Waals surface area contributed by atoms with Gasteiger partial charge in [0.05, 0.1) is 17.9 Å². The number of alkyl halides is 3. The number of ether oxygens (including phenoxy) is 2. The molecule has 8 nitrogen and oxygen atoms in total. The standard InChI is InChI=1S/C28H29F3N2O6/c1-3-14-37-27(36)33-13-12-21-22(15-33)18(7-11-25(34)35)6-10-23(21)38-16-24-17(2)32-26(39-24)19-4-8-20(9-5-19)28(29,30)31/h4-6,8-10H,3,7,11-16H2,1-2H3,(H,34,35). The molecule has 1 N–H and O–H groups in total. The minimum absolute atomic E-state index is 0.0304. The number of hydrogen-bond donors (Lipinski definition) is 1. The van der Waals surface area contributed by atoms with E-state index >= 15 is 0 Å². The van der Waals surface area contributed by atoms with Gasteiger partial charge in [-0.2, -0.15) is 13.2 Å². The summed E-state index contributed by atoms with van der Waals surface area (Å²) in [6.07, 6.45) is -3.37. The maximum Gasteiger partial charge on any atom is 0.416 e. The molecule has 11 heteroatoms. The van der Waals surface area contributed by atoms with E-state index in [0.717, 1.165) is 28.8 Å². The number of carboxylic acid groups (broad SMARTS) is 1. The van der Waals surface area contributed by atoms with Crippen molar-refractivity contribution in [2.75, 3.05) is 13.2 Å². The molecule has 1 amide bonds. The average Bonchev–Trinajstić information content (AvgIpc) is 3.29. The molecule has 0 fully saturated rings. The highest BCUT2D eigenvalue weighted by molar-refractivity contribution is 5.69. The van der Waals surface area contributed by atoms with Crippen molar-refractivity contribution in [2.45, 2.75) is 58.9 Å². The molecule has 4 rings (SSSR count). The van der Waals surface area contributed by atoms with Gasteiger partial charge in [-0.05, 0) is 67.6 Å². The van der Waals surface area contributed by atoms with Crippen molar-refractivity contribution in [1.82, 2.24) is 9.88 Å². The zero-order valence-corrected chi connectivity index (χ0v) is 21.6. The first-order chi connectivity index (χ1) is 18.6. The highest BCUT2D eigenvalue weighted by Gasteiger charge is 2.30. The lowest BCUT2D eigenvalue weighted by atomic mass is 9.92. The molecular formula is C28H29F3N2O6. The Bertz CT molecular complexity index is 1330. The van der Waals surface area contributed by atoms with Crippen molar-refractivity contribution >= 4 is 12.1 Å². The Hall–Kier alpha value is -4.02. The van der Waals surface area contributed by atoms with Crippen LogP contribution in [0.3, 0.4) is 0 Å². The highest BCUT2D eigenvalue weighted by atomic mass is 19.4. The second-order valence-electron chi connectivity index (χ2n) is 9.25. The number of fused-ring (bicyclic) bond motifs is 1. The summed E-state index contributed by atoms with van der Waals surface area (Å²) >= 11 is 0. The first kappa shape index (κ1) is 28.0. The minimum Gasteiger partial charge on any atom is -0.485 e. The fourth-order valence-corrected chi connectivity index (χ4v) is 4.39. The summed E-state index contributed by atoms with van der Waals surface area (Å²) in [5.41, 5.74) is 2.75. The van der Waals surface area contributed by atoms with Gasteiger partial charge in [-0.1, -0.05) is 13.0 Å². The number of carbonyl (C=O) groups excluding carboxylic acids is 1. The van der Waals surface area contributed by atoms with E-state index in [1.165, 1.54) is 12.1 Å². The fraction of sp³-hybridized carbons (Fsp3) is 0.393. The van der Waals surface area contributed by atoms with Crippen LogP contribution in [0.1, 0.15) is 53.5 Å². The van der Waals surface area contributed by atoms with Crippen molar-refractivity contribution in [3.8, 4) is 17.2 Å². The van der Waals surface area contributed by atoms with Crippen molar-refractivity contribution in [3.05, 3.63) is 70.1 Å². The Morgan fingerprint density at radius 1 is 1.13 bits per heavy atom. The van der Waals surface area contributed by atoms with Gasteiger partial charge in [-0.25, -0.2) is 9.78 Å². The number of aryl methyl sites for hydroxylation is 2. The SMILES string of the molecule is CCCOC(=O)N1CCc2c(OCc3oc(-c4ccc(C(F)(F)F)cc4)nc3C)ccc(CCC(=O)O)c2C1. The topological polar surface area (TPSA) is 102 Å². The number of aromatic nitrogens is 1. The lowest BCUT2D eigenvalue weighted by Gasteiger charge is -2.31. The van der Waals surface area contributed by atoms with Gasteiger partial charge in [0, 0.05) is 30.6 Å².